The van der Waals surface area contributed by atoms with Gasteiger partial charge in [0.15, 0.2) is 0 Å². The van der Waals surface area contributed by atoms with Gasteiger partial charge in [0.2, 0.25) is 0 Å². The normalized spacial score (nSPS) is 10.8. The molecule has 0 aliphatic carbocycles. The van der Waals surface area contributed by atoms with Crippen LogP contribution in [0, 0.1) is 0 Å². The zero-order valence-electron chi connectivity index (χ0n) is 12.8. The number of hydrogen-bond donors (Lipinski definition) is 1. The Morgan fingerprint density at radius 2 is 1.96 bits per heavy atom. The minimum absolute atomic E-state index is 0.320. The van der Waals surface area contributed by atoms with Gasteiger partial charge < -0.3 is 0 Å². The molecule has 4 rings (SSSR count). The number of halogens is 1. The first kappa shape index (κ1) is 15.2. The van der Waals surface area contributed by atoms with Gasteiger partial charge >= 0.3 is 0 Å². The maximum Gasteiger partial charge on any atom is 0.270 e. The number of benzene rings is 1. The maximum absolute atomic E-state index is 12.7. The lowest BCUT2D eigenvalue weighted by Gasteiger charge is -2.11. The summed E-state index contributed by atoms with van der Waals surface area (Å²) in [4.78, 5) is 21.5. The Kier molecular flexibility index (Phi) is 3.83. The minimum atomic E-state index is -0.320. The Morgan fingerprint density at radius 3 is 2.72 bits per heavy atom. The van der Waals surface area contributed by atoms with Crippen LogP contribution in [0.25, 0.3) is 22.2 Å². The Hall–Kier alpha value is -3.32. The average Bonchev–Trinajstić information content (AvgIpc) is 3.14. The fourth-order valence-electron chi connectivity index (χ4n) is 2.48. The number of aromatic nitrogens is 5. The van der Waals surface area contributed by atoms with Crippen LogP contribution >= 0.6 is 11.6 Å². The summed E-state index contributed by atoms with van der Waals surface area (Å²) in [5, 5.41) is 8.52. The van der Waals surface area contributed by atoms with E-state index in [-0.39, 0.29) is 5.91 Å². The number of hydrogen-bond acceptors (Lipinski definition) is 5. The van der Waals surface area contributed by atoms with E-state index in [1.54, 1.807) is 36.7 Å². The molecule has 0 aliphatic rings. The van der Waals surface area contributed by atoms with Crippen molar-refractivity contribution >= 4 is 28.4 Å². The molecule has 0 bridgehead atoms. The van der Waals surface area contributed by atoms with Crippen LogP contribution in [-0.4, -0.2) is 30.7 Å². The standard InChI is InChI=1S/C17H11ClN6O/c18-12-3-4-15-13(6-12)14(17(25)23-24-9-20-21-10-24)7-16(22-15)11-2-1-5-19-8-11/h1-10H,(H,23,25). The highest BCUT2D eigenvalue weighted by molar-refractivity contribution is 6.31. The van der Waals surface area contributed by atoms with Crippen LogP contribution in [0.3, 0.4) is 0 Å². The summed E-state index contributed by atoms with van der Waals surface area (Å²) in [6.45, 7) is 0. The largest absolute Gasteiger partial charge is 0.270 e. The Morgan fingerprint density at radius 1 is 1.12 bits per heavy atom. The van der Waals surface area contributed by atoms with Crippen LogP contribution < -0.4 is 5.43 Å². The molecule has 1 amide bonds. The number of carbonyl (C=O) groups is 1. The van der Waals surface area contributed by atoms with E-state index in [1.807, 2.05) is 12.1 Å². The molecule has 122 valence electrons. The minimum Gasteiger partial charge on any atom is -0.267 e. The number of amides is 1. The highest BCUT2D eigenvalue weighted by Gasteiger charge is 2.15. The molecule has 7 nitrogen and oxygen atoms in total. The molecule has 0 fully saturated rings. The first-order chi connectivity index (χ1) is 12.2. The molecule has 1 aromatic carbocycles. The molecular weight excluding hydrogens is 340 g/mol. The van der Waals surface area contributed by atoms with E-state index in [0.29, 0.717) is 27.2 Å². The van der Waals surface area contributed by atoms with Crippen LogP contribution in [0.4, 0.5) is 0 Å². The number of carbonyl (C=O) groups excluding carboxylic acids is 1. The summed E-state index contributed by atoms with van der Waals surface area (Å²) in [5.74, 6) is -0.320. The number of rotatable bonds is 3. The lowest BCUT2D eigenvalue weighted by molar-refractivity contribution is 0.101. The second-order valence-corrected chi connectivity index (χ2v) is 5.70. The molecule has 0 atom stereocenters. The Bertz CT molecular complexity index is 1050. The lowest BCUT2D eigenvalue weighted by Crippen LogP contribution is -2.22. The second-order valence-electron chi connectivity index (χ2n) is 5.27. The predicted molar refractivity (Wildman–Crippen MR) is 93.7 cm³/mol. The molecule has 0 aliphatic heterocycles. The van der Waals surface area contributed by atoms with Gasteiger partial charge in [-0.3, -0.25) is 15.2 Å². The van der Waals surface area contributed by atoms with Gasteiger partial charge in [0.1, 0.15) is 12.7 Å². The maximum atomic E-state index is 12.7. The molecule has 25 heavy (non-hydrogen) atoms. The first-order valence-electron chi connectivity index (χ1n) is 7.37. The van der Waals surface area contributed by atoms with Gasteiger partial charge in [-0.1, -0.05) is 11.6 Å². The van der Waals surface area contributed by atoms with Crippen molar-refractivity contribution < 1.29 is 4.79 Å². The highest BCUT2D eigenvalue weighted by Crippen LogP contribution is 2.26. The SMILES string of the molecule is O=C(Nn1cnnc1)c1cc(-c2cccnc2)nc2ccc(Cl)cc12. The van der Waals surface area contributed by atoms with Crippen molar-refractivity contribution in [1.82, 2.24) is 24.8 Å². The highest BCUT2D eigenvalue weighted by atomic mass is 35.5. The fraction of sp³-hybridized carbons (Fsp3) is 0. The van der Waals surface area contributed by atoms with E-state index in [2.05, 4.69) is 25.6 Å². The fourth-order valence-corrected chi connectivity index (χ4v) is 2.66. The summed E-state index contributed by atoms with van der Waals surface area (Å²) in [7, 11) is 0. The zero-order chi connectivity index (χ0) is 17.2. The van der Waals surface area contributed by atoms with Crippen molar-refractivity contribution in [2.45, 2.75) is 0 Å². The van der Waals surface area contributed by atoms with Crippen LogP contribution in [0.15, 0.2) is 61.4 Å². The summed E-state index contributed by atoms with van der Waals surface area (Å²) >= 11 is 6.10. The molecule has 0 spiro atoms. The van der Waals surface area contributed by atoms with Gasteiger partial charge in [0.05, 0.1) is 16.8 Å². The van der Waals surface area contributed by atoms with Gasteiger partial charge in [-0.05, 0) is 36.4 Å². The third-order valence-corrected chi connectivity index (χ3v) is 3.86. The Labute approximate surface area is 147 Å². The monoisotopic (exact) mass is 350 g/mol. The van der Waals surface area contributed by atoms with E-state index < -0.39 is 0 Å². The van der Waals surface area contributed by atoms with E-state index in [0.717, 1.165) is 5.56 Å². The molecule has 0 radical (unpaired) electrons. The van der Waals surface area contributed by atoms with Crippen molar-refractivity contribution in [2.24, 2.45) is 0 Å². The van der Waals surface area contributed by atoms with Crippen molar-refractivity contribution in [1.29, 1.82) is 0 Å². The number of nitrogens with one attached hydrogen (secondary N) is 1. The van der Waals surface area contributed by atoms with Crippen molar-refractivity contribution in [3.63, 3.8) is 0 Å². The van der Waals surface area contributed by atoms with E-state index in [1.165, 1.54) is 17.3 Å². The van der Waals surface area contributed by atoms with Gasteiger partial charge in [-0.2, -0.15) is 0 Å². The van der Waals surface area contributed by atoms with Gasteiger partial charge in [0, 0.05) is 28.4 Å². The molecule has 0 saturated heterocycles. The topological polar surface area (TPSA) is 85.6 Å². The molecule has 3 aromatic heterocycles. The third-order valence-electron chi connectivity index (χ3n) is 3.62. The number of fused-ring (bicyclic) bond motifs is 1. The molecule has 3 heterocycles. The molecule has 0 unspecified atom stereocenters. The first-order valence-corrected chi connectivity index (χ1v) is 7.75. The molecule has 1 N–H and O–H groups in total. The van der Waals surface area contributed by atoms with Crippen molar-refractivity contribution in [3.8, 4) is 11.3 Å². The predicted octanol–water partition coefficient (Wildman–Crippen LogP) is 2.93. The lowest BCUT2D eigenvalue weighted by atomic mass is 10.0. The second kappa shape index (κ2) is 6.29. The van der Waals surface area contributed by atoms with E-state index in [9.17, 15) is 4.79 Å². The molecule has 0 saturated carbocycles. The van der Waals surface area contributed by atoms with Crippen LogP contribution in [0.2, 0.25) is 5.02 Å². The van der Waals surface area contributed by atoms with Gasteiger partial charge in [-0.15, -0.1) is 10.2 Å². The quantitative estimate of drug-likeness (QED) is 0.614. The summed E-state index contributed by atoms with van der Waals surface area (Å²) in [6.07, 6.45) is 6.18. The number of pyridine rings is 2. The van der Waals surface area contributed by atoms with Crippen LogP contribution in [0.5, 0.6) is 0 Å². The molecule has 4 aromatic rings. The van der Waals surface area contributed by atoms with Crippen molar-refractivity contribution in [3.05, 3.63) is 72.0 Å². The van der Waals surface area contributed by atoms with Crippen LogP contribution in [-0.2, 0) is 0 Å². The summed E-state index contributed by atoms with van der Waals surface area (Å²) in [6, 6.07) is 10.7. The van der Waals surface area contributed by atoms with E-state index in [4.69, 9.17) is 11.6 Å². The van der Waals surface area contributed by atoms with E-state index >= 15 is 0 Å². The van der Waals surface area contributed by atoms with Gasteiger partial charge in [0.25, 0.3) is 5.91 Å². The smallest absolute Gasteiger partial charge is 0.267 e. The van der Waals surface area contributed by atoms with Gasteiger partial charge in [-0.25, -0.2) is 9.66 Å². The van der Waals surface area contributed by atoms with Crippen molar-refractivity contribution in [2.75, 3.05) is 5.43 Å². The third kappa shape index (κ3) is 3.05. The average molecular weight is 351 g/mol. The molecular formula is C17H11ClN6O. The number of nitrogens with zero attached hydrogens (tertiary/aromatic N) is 5. The summed E-state index contributed by atoms with van der Waals surface area (Å²) < 4.78 is 1.38. The van der Waals surface area contributed by atoms with Crippen LogP contribution in [0.1, 0.15) is 10.4 Å². The summed E-state index contributed by atoms with van der Waals surface area (Å²) in [5.41, 5.74) is 5.27. The Balaban J connectivity index is 1.87. The zero-order valence-corrected chi connectivity index (χ0v) is 13.6. The molecule has 8 heteroatoms.